The van der Waals surface area contributed by atoms with E-state index in [0.29, 0.717) is 34.7 Å². The molecule has 0 aliphatic rings. The van der Waals surface area contributed by atoms with Crippen molar-refractivity contribution in [3.63, 3.8) is 0 Å². The molecule has 9 nitrogen and oxygen atoms in total. The molecule has 1 aromatic carbocycles. The molecular formula is C17H18BrN3O6. The first-order chi connectivity index (χ1) is 12.9. The molecule has 144 valence electrons. The van der Waals surface area contributed by atoms with Crippen molar-refractivity contribution in [2.45, 2.75) is 20.3 Å². The van der Waals surface area contributed by atoms with Gasteiger partial charge in [0.05, 0.1) is 22.6 Å². The van der Waals surface area contributed by atoms with E-state index < -0.39 is 21.9 Å². The molecule has 0 radical (unpaired) electrons. The average molecular weight is 440 g/mol. The highest BCUT2D eigenvalue weighted by Crippen LogP contribution is 2.37. The Labute approximate surface area is 162 Å². The van der Waals surface area contributed by atoms with Gasteiger partial charge in [-0.25, -0.2) is 4.79 Å². The summed E-state index contributed by atoms with van der Waals surface area (Å²) >= 11 is 3.43. The number of nitro groups is 1. The first-order valence-corrected chi connectivity index (χ1v) is 8.94. The van der Waals surface area contributed by atoms with Gasteiger partial charge in [0.1, 0.15) is 5.69 Å². The fourth-order valence-corrected chi connectivity index (χ4v) is 2.84. The van der Waals surface area contributed by atoms with Gasteiger partial charge in [0.25, 0.3) is 0 Å². The number of nitrogens with one attached hydrogen (secondary N) is 2. The molecule has 10 heteroatoms. The van der Waals surface area contributed by atoms with E-state index in [1.165, 1.54) is 12.2 Å². The average Bonchev–Trinajstić information content (AvgIpc) is 2.58. The summed E-state index contributed by atoms with van der Waals surface area (Å²) in [7, 11) is 0. The van der Waals surface area contributed by atoms with Crippen LogP contribution >= 0.6 is 15.9 Å². The maximum atomic E-state index is 11.7. The molecule has 1 heterocycles. The van der Waals surface area contributed by atoms with Crippen molar-refractivity contribution in [1.29, 1.82) is 0 Å². The van der Waals surface area contributed by atoms with Gasteiger partial charge < -0.3 is 14.5 Å². The third kappa shape index (κ3) is 5.07. The Morgan fingerprint density at radius 1 is 1.19 bits per heavy atom. The summed E-state index contributed by atoms with van der Waals surface area (Å²) in [6.45, 7) is 4.77. The third-order valence-electron chi connectivity index (χ3n) is 3.35. The molecule has 0 spiro atoms. The lowest BCUT2D eigenvalue weighted by molar-refractivity contribution is -0.386. The van der Waals surface area contributed by atoms with E-state index in [0.717, 1.165) is 6.42 Å². The van der Waals surface area contributed by atoms with Crippen LogP contribution in [0.4, 0.5) is 5.69 Å². The quantitative estimate of drug-likeness (QED) is 0.480. The number of rotatable bonds is 8. The van der Waals surface area contributed by atoms with Crippen LogP contribution in [0.15, 0.2) is 26.2 Å². The molecule has 0 aliphatic heterocycles. The second-order valence-corrected chi connectivity index (χ2v) is 6.23. The number of nitrogens with zero attached hydrogens (tertiary/aromatic N) is 1. The summed E-state index contributed by atoms with van der Waals surface area (Å²) in [4.78, 5) is 37.4. The SMILES string of the molecule is CCCOc1c(Br)cc(/C=C/c2[nH]c(=O)[nH]c(=O)c2[N+](=O)[O-])cc1OCC. The Morgan fingerprint density at radius 2 is 1.93 bits per heavy atom. The van der Waals surface area contributed by atoms with Crippen LogP contribution in [0.25, 0.3) is 12.2 Å². The third-order valence-corrected chi connectivity index (χ3v) is 3.94. The highest BCUT2D eigenvalue weighted by molar-refractivity contribution is 9.10. The van der Waals surface area contributed by atoms with Gasteiger partial charge in [0, 0.05) is 0 Å². The Kier molecular flexibility index (Phi) is 6.94. The molecule has 2 aromatic rings. The lowest BCUT2D eigenvalue weighted by atomic mass is 10.1. The van der Waals surface area contributed by atoms with Gasteiger partial charge in [-0.15, -0.1) is 0 Å². The van der Waals surface area contributed by atoms with Crippen LogP contribution < -0.4 is 20.7 Å². The zero-order valence-electron chi connectivity index (χ0n) is 14.7. The van der Waals surface area contributed by atoms with Crippen LogP contribution in [0, 0.1) is 10.1 Å². The molecule has 0 saturated heterocycles. The number of hydrogen-bond donors (Lipinski definition) is 2. The molecule has 2 rings (SSSR count). The largest absolute Gasteiger partial charge is 0.490 e. The topological polar surface area (TPSA) is 127 Å². The molecular weight excluding hydrogens is 422 g/mol. The summed E-state index contributed by atoms with van der Waals surface area (Å²) in [5.41, 5.74) is -2.20. The van der Waals surface area contributed by atoms with Crippen molar-refractivity contribution in [2.75, 3.05) is 13.2 Å². The Morgan fingerprint density at radius 3 is 2.56 bits per heavy atom. The minimum atomic E-state index is -1.07. The molecule has 0 unspecified atom stereocenters. The molecule has 0 bridgehead atoms. The summed E-state index contributed by atoms with van der Waals surface area (Å²) in [5.74, 6) is 1.07. The van der Waals surface area contributed by atoms with Crippen molar-refractivity contribution in [1.82, 2.24) is 9.97 Å². The van der Waals surface area contributed by atoms with Crippen molar-refractivity contribution in [3.05, 3.63) is 58.8 Å². The highest BCUT2D eigenvalue weighted by Gasteiger charge is 2.19. The number of aromatic nitrogens is 2. The van der Waals surface area contributed by atoms with Gasteiger partial charge in [0.15, 0.2) is 11.5 Å². The lowest BCUT2D eigenvalue weighted by Crippen LogP contribution is -2.25. The number of ether oxygens (including phenoxy) is 2. The van der Waals surface area contributed by atoms with Crippen molar-refractivity contribution >= 4 is 33.8 Å². The second-order valence-electron chi connectivity index (χ2n) is 5.37. The summed E-state index contributed by atoms with van der Waals surface area (Å²) in [5, 5.41) is 11.1. The van der Waals surface area contributed by atoms with Gasteiger partial charge in [0.2, 0.25) is 0 Å². The highest BCUT2D eigenvalue weighted by atomic mass is 79.9. The normalized spacial score (nSPS) is 10.9. The molecule has 0 saturated carbocycles. The van der Waals surface area contributed by atoms with Gasteiger partial charge in [-0.05, 0) is 53.0 Å². The van der Waals surface area contributed by atoms with Gasteiger partial charge in [-0.2, -0.15) is 0 Å². The number of aromatic amines is 2. The molecule has 0 aliphatic carbocycles. The van der Waals surface area contributed by atoms with Gasteiger partial charge >= 0.3 is 16.9 Å². The minimum absolute atomic E-state index is 0.200. The fourth-order valence-electron chi connectivity index (χ4n) is 2.27. The predicted octanol–water partition coefficient (Wildman–Crippen LogP) is 3.09. The van der Waals surface area contributed by atoms with E-state index in [1.807, 2.05) is 18.8 Å². The Bertz CT molecular complexity index is 980. The number of hydrogen-bond acceptors (Lipinski definition) is 6. The number of benzene rings is 1. The summed E-state index contributed by atoms with van der Waals surface area (Å²) in [6.07, 6.45) is 3.65. The molecule has 27 heavy (non-hydrogen) atoms. The van der Waals surface area contributed by atoms with Crippen LogP contribution in [-0.2, 0) is 0 Å². The molecule has 0 amide bonds. The van der Waals surface area contributed by atoms with Crippen LogP contribution in [0.2, 0.25) is 0 Å². The zero-order valence-corrected chi connectivity index (χ0v) is 16.3. The first-order valence-electron chi connectivity index (χ1n) is 8.15. The van der Waals surface area contributed by atoms with Gasteiger partial charge in [-0.1, -0.05) is 13.0 Å². The Hall–Kier alpha value is -2.88. The smallest absolute Gasteiger partial charge is 0.357 e. The molecule has 2 N–H and O–H groups in total. The van der Waals surface area contributed by atoms with E-state index in [9.17, 15) is 19.7 Å². The summed E-state index contributed by atoms with van der Waals surface area (Å²) in [6, 6.07) is 3.44. The molecule has 0 atom stereocenters. The lowest BCUT2D eigenvalue weighted by Gasteiger charge is -2.14. The van der Waals surface area contributed by atoms with E-state index in [2.05, 4.69) is 20.9 Å². The van der Waals surface area contributed by atoms with Crippen LogP contribution in [0.3, 0.4) is 0 Å². The van der Waals surface area contributed by atoms with E-state index >= 15 is 0 Å². The van der Waals surface area contributed by atoms with Crippen LogP contribution in [0.1, 0.15) is 31.5 Å². The van der Waals surface area contributed by atoms with E-state index in [-0.39, 0.29) is 5.69 Å². The number of H-pyrrole nitrogens is 2. The van der Waals surface area contributed by atoms with Crippen molar-refractivity contribution < 1.29 is 14.4 Å². The molecule has 0 fully saturated rings. The van der Waals surface area contributed by atoms with Crippen LogP contribution in [0.5, 0.6) is 11.5 Å². The summed E-state index contributed by atoms with van der Waals surface area (Å²) < 4.78 is 11.9. The van der Waals surface area contributed by atoms with Crippen molar-refractivity contribution in [3.8, 4) is 11.5 Å². The van der Waals surface area contributed by atoms with Gasteiger partial charge in [-0.3, -0.25) is 19.9 Å². The second kappa shape index (κ2) is 9.17. The van der Waals surface area contributed by atoms with E-state index in [4.69, 9.17) is 9.47 Å². The van der Waals surface area contributed by atoms with E-state index in [1.54, 1.807) is 12.1 Å². The zero-order chi connectivity index (χ0) is 20.0. The molecule has 1 aromatic heterocycles. The monoisotopic (exact) mass is 439 g/mol. The number of halogens is 1. The maximum Gasteiger partial charge on any atom is 0.357 e. The van der Waals surface area contributed by atoms with Crippen LogP contribution in [-0.4, -0.2) is 28.1 Å². The standard InChI is InChI=1S/C17H18BrN3O6/c1-3-7-27-15-11(18)8-10(9-13(15)26-4-2)5-6-12-14(21(24)25)16(22)20-17(23)19-12/h5-6,8-9H,3-4,7H2,1-2H3,(H2,19,20,22,23)/b6-5+. The first kappa shape index (κ1) is 20.4. The maximum absolute atomic E-state index is 11.7. The minimum Gasteiger partial charge on any atom is -0.490 e. The Balaban J connectivity index is 2.47. The predicted molar refractivity (Wildman–Crippen MR) is 104 cm³/mol. The fraction of sp³-hybridized carbons (Fsp3) is 0.294. The van der Waals surface area contributed by atoms with Crippen molar-refractivity contribution in [2.24, 2.45) is 0 Å².